The molecule has 0 aliphatic rings. The van der Waals surface area contributed by atoms with Crippen molar-refractivity contribution in [3.63, 3.8) is 0 Å². The minimum atomic E-state index is -0.339. The van der Waals surface area contributed by atoms with Gasteiger partial charge in [0, 0.05) is 5.75 Å². The molecule has 2 aromatic rings. The molecule has 0 bridgehead atoms. The van der Waals surface area contributed by atoms with Crippen molar-refractivity contribution in [3.8, 4) is 5.88 Å². The Balaban J connectivity index is 2.10. The van der Waals surface area contributed by atoms with Crippen LogP contribution in [-0.2, 0) is 5.75 Å². The zero-order valence-electron chi connectivity index (χ0n) is 10.1. The molecule has 18 heavy (non-hydrogen) atoms. The van der Waals surface area contributed by atoms with Crippen LogP contribution in [0.15, 0.2) is 47.5 Å². The van der Waals surface area contributed by atoms with E-state index in [0.717, 1.165) is 10.6 Å². The summed E-state index contributed by atoms with van der Waals surface area (Å²) in [6, 6.07) is 11.5. The van der Waals surface area contributed by atoms with Crippen LogP contribution in [0.1, 0.15) is 12.5 Å². The molecule has 0 saturated heterocycles. The number of ether oxygens (including phenoxy) is 1. The molecular formula is C14H14FNOS. The van der Waals surface area contributed by atoms with E-state index in [1.165, 1.54) is 29.6 Å². The molecular weight excluding hydrogens is 249 g/mol. The molecule has 0 amide bonds. The van der Waals surface area contributed by atoms with Crippen LogP contribution in [0.5, 0.6) is 5.88 Å². The predicted octanol–water partition coefficient (Wildman–Crippen LogP) is 3.91. The van der Waals surface area contributed by atoms with E-state index in [2.05, 4.69) is 4.98 Å². The molecule has 1 heterocycles. The van der Waals surface area contributed by atoms with Gasteiger partial charge in [-0.3, -0.25) is 0 Å². The second-order valence-corrected chi connectivity index (χ2v) is 4.68. The molecule has 0 saturated carbocycles. The first kappa shape index (κ1) is 12.9. The SMILES string of the molecule is CCOc1ncc(F)cc1SCc1ccccc1. The first-order chi connectivity index (χ1) is 8.79. The van der Waals surface area contributed by atoms with Crippen molar-refractivity contribution in [2.75, 3.05) is 6.61 Å². The highest BCUT2D eigenvalue weighted by Crippen LogP contribution is 2.30. The second-order valence-electron chi connectivity index (χ2n) is 3.66. The molecule has 0 aliphatic carbocycles. The summed E-state index contributed by atoms with van der Waals surface area (Å²) in [6.07, 6.45) is 1.18. The monoisotopic (exact) mass is 263 g/mol. The van der Waals surface area contributed by atoms with Gasteiger partial charge in [0.25, 0.3) is 0 Å². The molecule has 2 rings (SSSR count). The van der Waals surface area contributed by atoms with Gasteiger partial charge in [0.15, 0.2) is 0 Å². The Hall–Kier alpha value is -1.55. The van der Waals surface area contributed by atoms with Gasteiger partial charge in [0.2, 0.25) is 5.88 Å². The summed E-state index contributed by atoms with van der Waals surface area (Å²) >= 11 is 1.53. The Morgan fingerprint density at radius 2 is 2.06 bits per heavy atom. The highest BCUT2D eigenvalue weighted by molar-refractivity contribution is 7.98. The summed E-state index contributed by atoms with van der Waals surface area (Å²) in [5.41, 5.74) is 1.19. The van der Waals surface area contributed by atoms with Gasteiger partial charge in [-0.1, -0.05) is 30.3 Å². The number of pyridine rings is 1. The molecule has 94 valence electrons. The molecule has 1 aromatic heterocycles. The fourth-order valence-electron chi connectivity index (χ4n) is 1.49. The van der Waals surface area contributed by atoms with Gasteiger partial charge in [-0.25, -0.2) is 9.37 Å². The maximum atomic E-state index is 13.2. The average Bonchev–Trinajstić information content (AvgIpc) is 2.40. The van der Waals surface area contributed by atoms with Gasteiger partial charge in [-0.05, 0) is 18.6 Å². The third-order valence-electron chi connectivity index (χ3n) is 2.30. The lowest BCUT2D eigenvalue weighted by atomic mass is 10.2. The van der Waals surface area contributed by atoms with Gasteiger partial charge >= 0.3 is 0 Å². The zero-order chi connectivity index (χ0) is 12.8. The predicted molar refractivity (Wildman–Crippen MR) is 71.4 cm³/mol. The van der Waals surface area contributed by atoms with Gasteiger partial charge < -0.3 is 4.74 Å². The van der Waals surface area contributed by atoms with Gasteiger partial charge in [0.05, 0.1) is 17.7 Å². The molecule has 0 aliphatic heterocycles. The molecule has 0 N–H and O–H groups in total. The normalized spacial score (nSPS) is 10.3. The minimum absolute atomic E-state index is 0.339. The Kier molecular flexibility index (Phi) is 4.59. The molecule has 0 spiro atoms. The van der Waals surface area contributed by atoms with E-state index >= 15 is 0 Å². The lowest BCUT2D eigenvalue weighted by Crippen LogP contribution is -1.97. The van der Waals surface area contributed by atoms with Crippen molar-refractivity contribution in [1.29, 1.82) is 0 Å². The van der Waals surface area contributed by atoms with Crippen LogP contribution in [0, 0.1) is 5.82 Å². The minimum Gasteiger partial charge on any atom is -0.477 e. The van der Waals surface area contributed by atoms with E-state index in [4.69, 9.17) is 4.74 Å². The van der Waals surface area contributed by atoms with Gasteiger partial charge in [-0.15, -0.1) is 11.8 Å². The smallest absolute Gasteiger partial charge is 0.227 e. The Labute approximate surface area is 110 Å². The second kappa shape index (κ2) is 6.40. The molecule has 4 heteroatoms. The maximum absolute atomic E-state index is 13.2. The number of benzene rings is 1. The highest BCUT2D eigenvalue weighted by atomic mass is 32.2. The van der Waals surface area contributed by atoms with Crippen molar-refractivity contribution in [1.82, 2.24) is 4.98 Å². The number of halogens is 1. The lowest BCUT2D eigenvalue weighted by Gasteiger charge is -2.08. The van der Waals surface area contributed by atoms with Crippen LogP contribution >= 0.6 is 11.8 Å². The average molecular weight is 263 g/mol. The van der Waals surface area contributed by atoms with Crippen LogP contribution in [0.4, 0.5) is 4.39 Å². The number of rotatable bonds is 5. The fraction of sp³-hybridized carbons (Fsp3) is 0.214. The third-order valence-corrected chi connectivity index (χ3v) is 3.38. The van der Waals surface area contributed by atoms with Crippen molar-refractivity contribution in [2.24, 2.45) is 0 Å². The largest absolute Gasteiger partial charge is 0.477 e. The van der Waals surface area contributed by atoms with Crippen molar-refractivity contribution in [3.05, 3.63) is 54.0 Å². The topological polar surface area (TPSA) is 22.1 Å². The summed E-state index contributed by atoms with van der Waals surface area (Å²) in [4.78, 5) is 4.70. The molecule has 1 aromatic carbocycles. The lowest BCUT2D eigenvalue weighted by molar-refractivity contribution is 0.317. The van der Waals surface area contributed by atoms with Crippen molar-refractivity contribution >= 4 is 11.8 Å². The van der Waals surface area contributed by atoms with E-state index < -0.39 is 0 Å². The first-order valence-corrected chi connectivity index (χ1v) is 6.73. The standard InChI is InChI=1S/C14H14FNOS/c1-2-17-14-13(8-12(15)9-16-14)18-10-11-6-4-3-5-7-11/h3-9H,2,10H2,1H3. The van der Waals surface area contributed by atoms with Gasteiger partial charge in [0.1, 0.15) is 5.82 Å². The van der Waals surface area contributed by atoms with E-state index in [9.17, 15) is 4.39 Å². The zero-order valence-corrected chi connectivity index (χ0v) is 10.9. The summed E-state index contributed by atoms with van der Waals surface area (Å²) in [7, 11) is 0. The van der Waals surface area contributed by atoms with Crippen molar-refractivity contribution < 1.29 is 9.13 Å². The molecule has 0 fully saturated rings. The van der Waals surface area contributed by atoms with Crippen LogP contribution in [0.2, 0.25) is 0 Å². The van der Waals surface area contributed by atoms with Crippen LogP contribution in [0.3, 0.4) is 0 Å². The number of hydrogen-bond donors (Lipinski definition) is 0. The summed E-state index contributed by atoms with van der Waals surface area (Å²) in [5, 5.41) is 0. The van der Waals surface area contributed by atoms with Gasteiger partial charge in [-0.2, -0.15) is 0 Å². The van der Waals surface area contributed by atoms with E-state index in [1.54, 1.807) is 0 Å². The van der Waals surface area contributed by atoms with Crippen LogP contribution < -0.4 is 4.74 Å². The molecule has 0 atom stereocenters. The number of hydrogen-bond acceptors (Lipinski definition) is 3. The van der Waals surface area contributed by atoms with E-state index in [0.29, 0.717) is 12.5 Å². The van der Waals surface area contributed by atoms with Crippen LogP contribution in [0.25, 0.3) is 0 Å². The Bertz CT molecular complexity index is 504. The number of thioether (sulfide) groups is 1. The maximum Gasteiger partial charge on any atom is 0.227 e. The molecule has 0 radical (unpaired) electrons. The highest BCUT2D eigenvalue weighted by Gasteiger charge is 2.07. The summed E-state index contributed by atoms with van der Waals surface area (Å²) < 4.78 is 18.6. The van der Waals surface area contributed by atoms with E-state index in [-0.39, 0.29) is 5.82 Å². The quantitative estimate of drug-likeness (QED) is 0.763. The molecule has 2 nitrogen and oxygen atoms in total. The first-order valence-electron chi connectivity index (χ1n) is 5.74. The summed E-state index contributed by atoms with van der Waals surface area (Å²) in [6.45, 7) is 2.41. The molecule has 0 unspecified atom stereocenters. The Morgan fingerprint density at radius 3 is 2.78 bits per heavy atom. The number of aromatic nitrogens is 1. The fourth-order valence-corrected chi connectivity index (χ4v) is 2.44. The Morgan fingerprint density at radius 1 is 1.28 bits per heavy atom. The van der Waals surface area contributed by atoms with E-state index in [1.807, 2.05) is 37.3 Å². The van der Waals surface area contributed by atoms with Crippen LogP contribution in [-0.4, -0.2) is 11.6 Å². The number of nitrogens with zero attached hydrogens (tertiary/aromatic N) is 1. The van der Waals surface area contributed by atoms with Crippen molar-refractivity contribution in [2.45, 2.75) is 17.6 Å². The summed E-state index contributed by atoms with van der Waals surface area (Å²) in [5.74, 6) is 0.931. The third kappa shape index (κ3) is 3.47.